The van der Waals surface area contributed by atoms with Crippen molar-refractivity contribution < 1.29 is 29.9 Å². The third kappa shape index (κ3) is 5.76. The molecule has 1 aliphatic rings. The van der Waals surface area contributed by atoms with E-state index in [0.717, 1.165) is 25.7 Å². The van der Waals surface area contributed by atoms with E-state index < -0.39 is 37.3 Å². The maximum absolute atomic E-state index is 9.97. The number of hydrogen-bond acceptors (Lipinski definition) is 6. The van der Waals surface area contributed by atoms with Crippen LogP contribution in [0.5, 0.6) is 0 Å². The zero-order chi connectivity index (χ0) is 16.5. The molecule has 1 saturated heterocycles. The lowest BCUT2D eigenvalue weighted by Gasteiger charge is -2.40. The number of unbranched alkanes of at least 4 members (excludes halogenated alkanes) is 4. The zero-order valence-corrected chi connectivity index (χ0v) is 13.7. The predicted molar refractivity (Wildman–Crippen MR) is 82.3 cm³/mol. The topological polar surface area (TPSA) is 99.4 Å². The van der Waals surface area contributed by atoms with Crippen molar-refractivity contribution in [3.05, 3.63) is 0 Å². The van der Waals surface area contributed by atoms with E-state index in [1.165, 1.54) is 19.3 Å². The van der Waals surface area contributed by atoms with Gasteiger partial charge in [0.05, 0.1) is 12.7 Å². The van der Waals surface area contributed by atoms with Crippen molar-refractivity contribution in [3.8, 4) is 0 Å². The highest BCUT2D eigenvalue weighted by molar-refractivity contribution is 4.89. The molecule has 1 aliphatic heterocycles. The van der Waals surface area contributed by atoms with E-state index in [2.05, 4.69) is 6.92 Å². The summed E-state index contributed by atoms with van der Waals surface area (Å²) in [6.07, 6.45) is 1.50. The van der Waals surface area contributed by atoms with Gasteiger partial charge in [0.15, 0.2) is 6.29 Å². The Hall–Kier alpha value is -0.240. The minimum atomic E-state index is -1.38. The van der Waals surface area contributed by atoms with Crippen molar-refractivity contribution in [2.75, 3.05) is 6.61 Å². The maximum atomic E-state index is 9.97. The van der Waals surface area contributed by atoms with Crippen molar-refractivity contribution in [2.24, 2.45) is 0 Å². The highest BCUT2D eigenvalue weighted by Gasteiger charge is 2.44. The van der Waals surface area contributed by atoms with Crippen molar-refractivity contribution in [1.82, 2.24) is 0 Å². The van der Waals surface area contributed by atoms with Gasteiger partial charge < -0.3 is 29.9 Å². The molecular formula is C16H32O6. The summed E-state index contributed by atoms with van der Waals surface area (Å²) < 4.78 is 11.1. The number of aliphatic hydroxyl groups is 4. The Morgan fingerprint density at radius 3 is 2.23 bits per heavy atom. The van der Waals surface area contributed by atoms with Crippen molar-refractivity contribution in [1.29, 1.82) is 0 Å². The normalized spacial score (nSPS) is 33.8. The summed E-state index contributed by atoms with van der Waals surface area (Å²) in [5.74, 6) is 0. The molecule has 6 atom stereocenters. The van der Waals surface area contributed by atoms with Crippen LogP contribution in [0, 0.1) is 0 Å². The molecule has 0 spiro atoms. The quantitative estimate of drug-likeness (QED) is 0.447. The third-order valence-electron chi connectivity index (χ3n) is 4.26. The fourth-order valence-electron chi connectivity index (χ4n) is 2.71. The van der Waals surface area contributed by atoms with Crippen LogP contribution >= 0.6 is 0 Å². The Bertz CT molecular complexity index is 286. The Morgan fingerprint density at radius 2 is 1.64 bits per heavy atom. The smallest absolute Gasteiger partial charge is 0.186 e. The second-order valence-corrected chi connectivity index (χ2v) is 6.07. The summed E-state index contributed by atoms with van der Waals surface area (Å²) in [5, 5.41) is 38.6. The lowest BCUT2D eigenvalue weighted by molar-refractivity contribution is -0.311. The molecule has 1 unspecified atom stereocenters. The van der Waals surface area contributed by atoms with Gasteiger partial charge in [-0.15, -0.1) is 0 Å². The molecule has 0 aromatic heterocycles. The Kier molecular flexibility index (Phi) is 9.47. The second-order valence-electron chi connectivity index (χ2n) is 6.07. The molecule has 132 valence electrons. The van der Waals surface area contributed by atoms with Gasteiger partial charge in [0.25, 0.3) is 0 Å². The van der Waals surface area contributed by atoms with Gasteiger partial charge >= 0.3 is 0 Å². The number of ether oxygens (including phenoxy) is 2. The van der Waals surface area contributed by atoms with Gasteiger partial charge in [-0.3, -0.25) is 0 Å². The standard InChI is InChI=1S/C16H32O6/c1-3-5-6-7-8-9-11(4-2)21-16-15(20)14(19)13(18)12(10-17)22-16/h11-20H,3-10H2,1-2H3/t11?,12-,13-,14+,15-,16-/m1/s1. The first-order valence-electron chi connectivity index (χ1n) is 8.51. The highest BCUT2D eigenvalue weighted by atomic mass is 16.7. The molecule has 1 heterocycles. The summed E-state index contributed by atoms with van der Waals surface area (Å²) in [6.45, 7) is 3.75. The van der Waals surface area contributed by atoms with Crippen LogP contribution in [0.4, 0.5) is 0 Å². The van der Waals surface area contributed by atoms with Crippen LogP contribution in [-0.2, 0) is 9.47 Å². The first-order chi connectivity index (χ1) is 10.5. The number of aliphatic hydroxyl groups excluding tert-OH is 4. The second kappa shape index (κ2) is 10.5. The van der Waals surface area contributed by atoms with E-state index in [1.54, 1.807) is 0 Å². The molecule has 1 fully saturated rings. The fraction of sp³-hybridized carbons (Fsp3) is 1.00. The largest absolute Gasteiger partial charge is 0.394 e. The summed E-state index contributed by atoms with van der Waals surface area (Å²) in [5.41, 5.74) is 0. The van der Waals surface area contributed by atoms with Crippen LogP contribution in [0.3, 0.4) is 0 Å². The van der Waals surface area contributed by atoms with Crippen LogP contribution in [-0.4, -0.2) is 63.8 Å². The molecule has 0 amide bonds. The van der Waals surface area contributed by atoms with Gasteiger partial charge in [-0.25, -0.2) is 0 Å². The minimum Gasteiger partial charge on any atom is -0.394 e. The van der Waals surface area contributed by atoms with Gasteiger partial charge in [-0.05, 0) is 12.8 Å². The zero-order valence-electron chi connectivity index (χ0n) is 13.7. The average Bonchev–Trinajstić information content (AvgIpc) is 2.53. The third-order valence-corrected chi connectivity index (χ3v) is 4.26. The Morgan fingerprint density at radius 1 is 0.955 bits per heavy atom. The molecule has 0 radical (unpaired) electrons. The predicted octanol–water partition coefficient (Wildman–Crippen LogP) is 0.942. The summed E-state index contributed by atoms with van der Waals surface area (Å²) in [7, 11) is 0. The van der Waals surface area contributed by atoms with E-state index >= 15 is 0 Å². The first kappa shape index (κ1) is 19.8. The lowest BCUT2D eigenvalue weighted by Crippen LogP contribution is -2.59. The number of hydrogen-bond donors (Lipinski definition) is 4. The van der Waals surface area contributed by atoms with E-state index in [9.17, 15) is 15.3 Å². The van der Waals surface area contributed by atoms with Gasteiger partial charge in [0.2, 0.25) is 0 Å². The molecule has 4 N–H and O–H groups in total. The molecule has 0 aliphatic carbocycles. The summed E-state index contributed by atoms with van der Waals surface area (Å²) in [6, 6.07) is 0. The van der Waals surface area contributed by atoms with Gasteiger partial charge in [-0.1, -0.05) is 46.0 Å². The van der Waals surface area contributed by atoms with Crippen molar-refractivity contribution in [2.45, 2.75) is 95.6 Å². The van der Waals surface area contributed by atoms with Gasteiger partial charge in [0, 0.05) is 0 Å². The van der Waals surface area contributed by atoms with Crippen LogP contribution < -0.4 is 0 Å². The van der Waals surface area contributed by atoms with Crippen molar-refractivity contribution in [3.63, 3.8) is 0 Å². The molecule has 22 heavy (non-hydrogen) atoms. The molecule has 0 saturated carbocycles. The minimum absolute atomic E-state index is 0.0666. The average molecular weight is 320 g/mol. The van der Waals surface area contributed by atoms with Gasteiger partial charge in [-0.2, -0.15) is 0 Å². The highest BCUT2D eigenvalue weighted by Crippen LogP contribution is 2.24. The van der Waals surface area contributed by atoms with Crippen molar-refractivity contribution >= 4 is 0 Å². The SMILES string of the molecule is CCCCCCCC(CC)O[C@@H]1O[C@H](CO)[C@@H](O)[C@H](O)[C@H]1O. The molecule has 0 aromatic rings. The monoisotopic (exact) mass is 320 g/mol. The molecule has 6 heteroatoms. The summed E-state index contributed by atoms with van der Waals surface area (Å²) >= 11 is 0. The van der Waals surface area contributed by atoms with E-state index in [0.29, 0.717) is 0 Å². The number of rotatable bonds is 10. The van der Waals surface area contributed by atoms with E-state index in [1.807, 2.05) is 6.92 Å². The lowest BCUT2D eigenvalue weighted by atomic mass is 9.99. The van der Waals surface area contributed by atoms with E-state index in [-0.39, 0.29) is 6.10 Å². The Labute approximate surface area is 133 Å². The molecular weight excluding hydrogens is 288 g/mol. The molecule has 0 aromatic carbocycles. The van der Waals surface area contributed by atoms with E-state index in [4.69, 9.17) is 14.6 Å². The molecule has 6 nitrogen and oxygen atoms in total. The van der Waals surface area contributed by atoms with Crippen LogP contribution in [0.2, 0.25) is 0 Å². The van der Waals surface area contributed by atoms with Crippen LogP contribution in [0.25, 0.3) is 0 Å². The molecule has 1 rings (SSSR count). The molecule has 0 bridgehead atoms. The fourth-order valence-corrected chi connectivity index (χ4v) is 2.71. The maximum Gasteiger partial charge on any atom is 0.186 e. The van der Waals surface area contributed by atoms with Gasteiger partial charge in [0.1, 0.15) is 24.4 Å². The Balaban J connectivity index is 2.43. The van der Waals surface area contributed by atoms with Crippen LogP contribution in [0.1, 0.15) is 58.8 Å². The first-order valence-corrected chi connectivity index (χ1v) is 8.51. The van der Waals surface area contributed by atoms with Crippen LogP contribution in [0.15, 0.2) is 0 Å². The summed E-state index contributed by atoms with van der Waals surface area (Å²) in [4.78, 5) is 0.